The Balaban J connectivity index is 2.18. The fourth-order valence-electron chi connectivity index (χ4n) is 0.966. The van der Waals surface area contributed by atoms with Crippen molar-refractivity contribution < 1.29 is 4.74 Å². The highest BCUT2D eigenvalue weighted by molar-refractivity contribution is 14.1. The maximum absolute atomic E-state index is 5.64. The summed E-state index contributed by atoms with van der Waals surface area (Å²) in [6.07, 6.45) is 4.67. The first-order valence-corrected chi connectivity index (χ1v) is 5.12. The van der Waals surface area contributed by atoms with Gasteiger partial charge in [0, 0.05) is 5.69 Å². The number of rotatable bonds is 2. The Bertz CT molecular complexity index is 297. The molecule has 1 aliphatic rings. The molecule has 64 valence electrons. The molecule has 0 radical (unpaired) electrons. The molecule has 0 aliphatic heterocycles. The van der Waals surface area contributed by atoms with Gasteiger partial charge in [-0.3, -0.25) is 4.98 Å². The molecule has 1 aromatic heterocycles. The molecule has 0 bridgehead atoms. The standard InChI is InChI=1S/C9H10INO/c1-6-4-8(10)9(5-11-6)12-7-2-3-7/h4-5,7H,2-3H2,1H3. The highest BCUT2D eigenvalue weighted by atomic mass is 127. The Kier molecular flexibility index (Phi) is 2.21. The van der Waals surface area contributed by atoms with Crippen LogP contribution in [-0.4, -0.2) is 11.1 Å². The lowest BCUT2D eigenvalue weighted by molar-refractivity contribution is 0.299. The van der Waals surface area contributed by atoms with E-state index in [4.69, 9.17) is 4.74 Å². The topological polar surface area (TPSA) is 22.1 Å². The lowest BCUT2D eigenvalue weighted by Gasteiger charge is -2.05. The smallest absolute Gasteiger partial charge is 0.151 e. The molecule has 0 spiro atoms. The molecular weight excluding hydrogens is 265 g/mol. The monoisotopic (exact) mass is 275 g/mol. The Hall–Kier alpha value is -0.320. The van der Waals surface area contributed by atoms with Crippen LogP contribution in [0.4, 0.5) is 0 Å². The first-order chi connectivity index (χ1) is 5.75. The van der Waals surface area contributed by atoms with Gasteiger partial charge in [0.25, 0.3) is 0 Å². The number of hydrogen-bond donors (Lipinski definition) is 0. The molecule has 0 amide bonds. The molecule has 1 fully saturated rings. The van der Waals surface area contributed by atoms with Crippen LogP contribution in [0.1, 0.15) is 18.5 Å². The second-order valence-corrected chi connectivity index (χ2v) is 4.24. The average molecular weight is 275 g/mol. The van der Waals surface area contributed by atoms with Crippen LogP contribution in [0.3, 0.4) is 0 Å². The minimum atomic E-state index is 0.461. The highest BCUT2D eigenvalue weighted by Crippen LogP contribution is 2.29. The van der Waals surface area contributed by atoms with Crippen LogP contribution >= 0.6 is 22.6 Å². The zero-order valence-corrected chi connectivity index (χ0v) is 9.04. The number of nitrogens with zero attached hydrogens (tertiary/aromatic N) is 1. The number of ether oxygens (including phenoxy) is 1. The van der Waals surface area contributed by atoms with E-state index in [2.05, 4.69) is 27.6 Å². The molecule has 1 aromatic rings. The van der Waals surface area contributed by atoms with Crippen LogP contribution in [0.25, 0.3) is 0 Å². The molecule has 2 nitrogen and oxygen atoms in total. The first-order valence-electron chi connectivity index (χ1n) is 4.04. The first kappa shape index (κ1) is 8.29. The Labute approximate surface area is 85.5 Å². The Morgan fingerprint density at radius 1 is 1.58 bits per heavy atom. The quantitative estimate of drug-likeness (QED) is 0.774. The Morgan fingerprint density at radius 2 is 2.33 bits per heavy atom. The fraction of sp³-hybridized carbons (Fsp3) is 0.444. The van der Waals surface area contributed by atoms with Crippen molar-refractivity contribution in [3.8, 4) is 5.75 Å². The fourth-order valence-corrected chi connectivity index (χ4v) is 1.68. The van der Waals surface area contributed by atoms with Crippen molar-refractivity contribution >= 4 is 22.6 Å². The van der Waals surface area contributed by atoms with E-state index in [0.29, 0.717) is 6.10 Å². The molecule has 0 saturated heterocycles. The number of halogens is 1. The van der Waals surface area contributed by atoms with E-state index in [1.807, 2.05) is 19.2 Å². The van der Waals surface area contributed by atoms with E-state index in [9.17, 15) is 0 Å². The van der Waals surface area contributed by atoms with Crippen LogP contribution < -0.4 is 4.74 Å². The zero-order valence-electron chi connectivity index (χ0n) is 6.88. The molecule has 1 aliphatic carbocycles. The summed E-state index contributed by atoms with van der Waals surface area (Å²) in [4.78, 5) is 4.19. The minimum Gasteiger partial charge on any atom is -0.488 e. The molecule has 0 atom stereocenters. The van der Waals surface area contributed by atoms with Gasteiger partial charge in [-0.25, -0.2) is 0 Å². The minimum absolute atomic E-state index is 0.461. The van der Waals surface area contributed by atoms with Gasteiger partial charge in [-0.05, 0) is 48.4 Å². The average Bonchev–Trinajstić information content (AvgIpc) is 2.79. The van der Waals surface area contributed by atoms with Crippen LogP contribution in [0, 0.1) is 10.5 Å². The molecule has 3 heteroatoms. The predicted molar refractivity (Wildman–Crippen MR) is 55.3 cm³/mol. The van der Waals surface area contributed by atoms with Gasteiger partial charge in [-0.15, -0.1) is 0 Å². The van der Waals surface area contributed by atoms with Crippen molar-refractivity contribution in [3.05, 3.63) is 21.5 Å². The number of hydrogen-bond acceptors (Lipinski definition) is 2. The second-order valence-electron chi connectivity index (χ2n) is 3.07. The summed E-state index contributed by atoms with van der Waals surface area (Å²) >= 11 is 2.28. The molecule has 1 heterocycles. The second kappa shape index (κ2) is 3.20. The van der Waals surface area contributed by atoms with Crippen molar-refractivity contribution in [2.75, 3.05) is 0 Å². The van der Waals surface area contributed by atoms with Gasteiger partial charge in [0.2, 0.25) is 0 Å². The van der Waals surface area contributed by atoms with Gasteiger partial charge >= 0.3 is 0 Å². The van der Waals surface area contributed by atoms with Crippen LogP contribution in [-0.2, 0) is 0 Å². The summed E-state index contributed by atoms with van der Waals surface area (Å²) in [5.74, 6) is 0.934. The van der Waals surface area contributed by atoms with Gasteiger partial charge in [0.1, 0.15) is 0 Å². The molecule has 0 N–H and O–H groups in total. The summed E-state index contributed by atoms with van der Waals surface area (Å²) < 4.78 is 6.80. The van der Waals surface area contributed by atoms with E-state index in [1.165, 1.54) is 12.8 Å². The lowest BCUT2D eigenvalue weighted by atomic mass is 10.4. The van der Waals surface area contributed by atoms with Crippen molar-refractivity contribution in [1.29, 1.82) is 0 Å². The third-order valence-electron chi connectivity index (χ3n) is 1.77. The van der Waals surface area contributed by atoms with Gasteiger partial charge in [0.05, 0.1) is 15.9 Å². The zero-order chi connectivity index (χ0) is 8.55. The van der Waals surface area contributed by atoms with Gasteiger partial charge in [0.15, 0.2) is 5.75 Å². The van der Waals surface area contributed by atoms with Crippen molar-refractivity contribution in [2.45, 2.75) is 25.9 Å². The maximum Gasteiger partial charge on any atom is 0.151 e. The third kappa shape index (κ3) is 1.88. The summed E-state index contributed by atoms with van der Waals surface area (Å²) in [6, 6.07) is 2.04. The molecular formula is C9H10INO. The predicted octanol–water partition coefficient (Wildman–Crippen LogP) is 2.54. The molecule has 0 unspecified atom stereocenters. The normalized spacial score (nSPS) is 16.2. The molecule has 12 heavy (non-hydrogen) atoms. The van der Waals surface area contributed by atoms with E-state index < -0.39 is 0 Å². The van der Waals surface area contributed by atoms with Crippen LogP contribution in [0.5, 0.6) is 5.75 Å². The van der Waals surface area contributed by atoms with E-state index in [0.717, 1.165) is 15.0 Å². The third-order valence-corrected chi connectivity index (χ3v) is 2.62. The summed E-state index contributed by atoms with van der Waals surface area (Å²) in [6.45, 7) is 1.99. The van der Waals surface area contributed by atoms with Gasteiger partial charge < -0.3 is 4.74 Å². The lowest BCUT2D eigenvalue weighted by Crippen LogP contribution is -1.98. The maximum atomic E-state index is 5.64. The van der Waals surface area contributed by atoms with Crippen LogP contribution in [0.15, 0.2) is 12.3 Å². The molecule has 0 aromatic carbocycles. The van der Waals surface area contributed by atoms with Crippen molar-refractivity contribution in [1.82, 2.24) is 4.98 Å². The Morgan fingerprint density at radius 3 is 2.92 bits per heavy atom. The summed E-state index contributed by atoms with van der Waals surface area (Å²) in [5, 5.41) is 0. The van der Waals surface area contributed by atoms with Crippen molar-refractivity contribution in [2.24, 2.45) is 0 Å². The van der Waals surface area contributed by atoms with E-state index in [1.54, 1.807) is 0 Å². The van der Waals surface area contributed by atoms with Gasteiger partial charge in [-0.2, -0.15) is 0 Å². The van der Waals surface area contributed by atoms with E-state index in [-0.39, 0.29) is 0 Å². The van der Waals surface area contributed by atoms with Crippen molar-refractivity contribution in [3.63, 3.8) is 0 Å². The largest absolute Gasteiger partial charge is 0.488 e. The SMILES string of the molecule is Cc1cc(I)c(OC2CC2)cn1. The number of aromatic nitrogens is 1. The summed E-state index contributed by atoms with van der Waals surface area (Å²) in [5.41, 5.74) is 1.04. The number of aryl methyl sites for hydroxylation is 1. The summed E-state index contributed by atoms with van der Waals surface area (Å²) in [7, 11) is 0. The van der Waals surface area contributed by atoms with Gasteiger partial charge in [-0.1, -0.05) is 0 Å². The molecule has 1 saturated carbocycles. The number of pyridine rings is 1. The van der Waals surface area contributed by atoms with E-state index >= 15 is 0 Å². The molecule has 2 rings (SSSR count). The van der Waals surface area contributed by atoms with Crippen LogP contribution in [0.2, 0.25) is 0 Å². The highest BCUT2D eigenvalue weighted by Gasteiger charge is 2.24.